The molecule has 2 aliphatic rings. The highest BCUT2D eigenvalue weighted by Crippen LogP contribution is 2.33. The Hall–Kier alpha value is -2.77. The normalized spacial score (nSPS) is 18.4. The number of nitrogens with one attached hydrogen (secondary N) is 2. The van der Waals surface area contributed by atoms with Gasteiger partial charge in [-0.1, -0.05) is 13.0 Å². The number of benzene rings is 1. The molecule has 2 aliphatic heterocycles. The molecule has 8 nitrogen and oxygen atoms in total. The van der Waals surface area contributed by atoms with Gasteiger partial charge in [-0.2, -0.15) is 0 Å². The maximum Gasteiger partial charge on any atom is 0.325 e. The molecule has 0 aromatic heterocycles. The van der Waals surface area contributed by atoms with Crippen molar-refractivity contribution in [3.05, 3.63) is 23.8 Å². The smallest absolute Gasteiger partial charge is 0.325 e. The van der Waals surface area contributed by atoms with Gasteiger partial charge in [-0.15, -0.1) is 0 Å². The summed E-state index contributed by atoms with van der Waals surface area (Å²) in [7, 11) is 0. The summed E-state index contributed by atoms with van der Waals surface area (Å²) < 4.78 is 10.5. The van der Waals surface area contributed by atoms with Crippen molar-refractivity contribution in [1.82, 2.24) is 15.5 Å². The van der Waals surface area contributed by atoms with E-state index < -0.39 is 12.1 Å². The third-order valence-corrected chi connectivity index (χ3v) is 4.12. The Morgan fingerprint density at radius 3 is 2.92 bits per heavy atom. The first-order valence-electron chi connectivity index (χ1n) is 8.35. The molecule has 0 aliphatic carbocycles. The molecular weight excluding hydrogens is 326 g/mol. The number of fused-ring (bicyclic) bond motifs is 1. The minimum Gasteiger partial charge on any atom is -0.454 e. The van der Waals surface area contributed by atoms with Gasteiger partial charge >= 0.3 is 6.03 Å². The Morgan fingerprint density at radius 1 is 1.32 bits per heavy atom. The summed E-state index contributed by atoms with van der Waals surface area (Å²) in [4.78, 5) is 37.3. The molecule has 0 radical (unpaired) electrons. The average Bonchev–Trinajstić information content (AvgIpc) is 3.17. The van der Waals surface area contributed by atoms with Crippen LogP contribution in [-0.2, 0) is 16.1 Å². The van der Waals surface area contributed by atoms with Crippen LogP contribution < -0.4 is 20.1 Å². The van der Waals surface area contributed by atoms with Gasteiger partial charge in [-0.05, 0) is 30.5 Å². The highest BCUT2D eigenvalue weighted by molar-refractivity contribution is 6.04. The monoisotopic (exact) mass is 347 g/mol. The van der Waals surface area contributed by atoms with E-state index in [-0.39, 0.29) is 38.0 Å². The lowest BCUT2D eigenvalue weighted by molar-refractivity contribution is -0.128. The number of ether oxygens (including phenoxy) is 2. The molecule has 2 N–H and O–H groups in total. The highest BCUT2D eigenvalue weighted by Gasteiger charge is 2.37. The summed E-state index contributed by atoms with van der Waals surface area (Å²) in [6.45, 7) is 2.90. The van der Waals surface area contributed by atoms with Crippen molar-refractivity contribution in [2.45, 2.75) is 38.8 Å². The van der Waals surface area contributed by atoms with Crippen molar-refractivity contribution >= 4 is 17.8 Å². The van der Waals surface area contributed by atoms with E-state index in [1.807, 2.05) is 6.92 Å². The van der Waals surface area contributed by atoms with Crippen molar-refractivity contribution in [2.24, 2.45) is 0 Å². The fourth-order valence-electron chi connectivity index (χ4n) is 2.77. The molecular formula is C17H21N3O5. The lowest BCUT2D eigenvalue weighted by Gasteiger charge is -2.13. The molecule has 0 spiro atoms. The van der Waals surface area contributed by atoms with Crippen molar-refractivity contribution in [2.75, 3.05) is 13.3 Å². The molecule has 4 amide bonds. The number of hydrogen-bond donors (Lipinski definition) is 2. The third kappa shape index (κ3) is 3.84. The summed E-state index contributed by atoms with van der Waals surface area (Å²) in [6.07, 6.45) is 1.35. The molecule has 0 saturated carbocycles. The summed E-state index contributed by atoms with van der Waals surface area (Å²) in [6, 6.07) is 4.20. The van der Waals surface area contributed by atoms with E-state index in [2.05, 4.69) is 10.6 Å². The van der Waals surface area contributed by atoms with Crippen LogP contribution in [0.25, 0.3) is 0 Å². The number of carbonyl (C=O) groups is 3. The van der Waals surface area contributed by atoms with E-state index in [0.717, 1.165) is 16.9 Å². The second-order valence-electron chi connectivity index (χ2n) is 6.00. The molecule has 1 saturated heterocycles. The summed E-state index contributed by atoms with van der Waals surface area (Å²) >= 11 is 0. The third-order valence-electron chi connectivity index (χ3n) is 4.12. The number of imide groups is 1. The highest BCUT2D eigenvalue weighted by atomic mass is 16.7. The van der Waals surface area contributed by atoms with Gasteiger partial charge in [0.1, 0.15) is 6.04 Å². The predicted molar refractivity (Wildman–Crippen MR) is 88.0 cm³/mol. The van der Waals surface area contributed by atoms with Crippen LogP contribution in [0.3, 0.4) is 0 Å². The van der Waals surface area contributed by atoms with Gasteiger partial charge in [0.25, 0.3) is 5.91 Å². The minimum absolute atomic E-state index is 0.113. The molecule has 3 rings (SSSR count). The van der Waals surface area contributed by atoms with Gasteiger partial charge in [-0.3, -0.25) is 14.5 Å². The maximum absolute atomic E-state index is 12.4. The molecule has 8 heteroatoms. The van der Waals surface area contributed by atoms with Crippen LogP contribution in [0.1, 0.15) is 31.7 Å². The fourth-order valence-corrected chi connectivity index (χ4v) is 2.77. The van der Waals surface area contributed by atoms with E-state index in [1.54, 1.807) is 18.2 Å². The Labute approximate surface area is 145 Å². The Bertz CT molecular complexity index is 691. The van der Waals surface area contributed by atoms with Gasteiger partial charge in [-0.25, -0.2) is 4.79 Å². The van der Waals surface area contributed by atoms with E-state index >= 15 is 0 Å². The number of nitrogens with zero attached hydrogens (tertiary/aromatic N) is 1. The second kappa shape index (κ2) is 7.42. The molecule has 0 bridgehead atoms. The van der Waals surface area contributed by atoms with Crippen LogP contribution >= 0.6 is 0 Å². The van der Waals surface area contributed by atoms with Gasteiger partial charge < -0.3 is 20.1 Å². The second-order valence-corrected chi connectivity index (χ2v) is 6.00. The number of rotatable bonds is 7. The zero-order valence-electron chi connectivity index (χ0n) is 14.0. The first kappa shape index (κ1) is 17.1. The van der Waals surface area contributed by atoms with Crippen LogP contribution in [0.4, 0.5) is 4.79 Å². The van der Waals surface area contributed by atoms with Gasteiger partial charge in [0, 0.05) is 13.0 Å². The summed E-state index contributed by atoms with van der Waals surface area (Å²) in [5.41, 5.74) is 0.772. The quantitative estimate of drug-likeness (QED) is 0.721. The first-order chi connectivity index (χ1) is 12.1. The van der Waals surface area contributed by atoms with Crippen molar-refractivity contribution < 1.29 is 23.9 Å². The molecule has 1 aromatic carbocycles. The van der Waals surface area contributed by atoms with Gasteiger partial charge in [0.2, 0.25) is 12.7 Å². The Morgan fingerprint density at radius 2 is 2.12 bits per heavy atom. The van der Waals surface area contributed by atoms with Crippen LogP contribution in [0.15, 0.2) is 18.2 Å². The van der Waals surface area contributed by atoms with Crippen LogP contribution in [0.2, 0.25) is 0 Å². The van der Waals surface area contributed by atoms with E-state index in [4.69, 9.17) is 9.47 Å². The largest absolute Gasteiger partial charge is 0.454 e. The lowest BCUT2D eigenvalue weighted by atomic mass is 10.1. The van der Waals surface area contributed by atoms with Crippen molar-refractivity contribution in [3.63, 3.8) is 0 Å². The molecule has 2 heterocycles. The zero-order chi connectivity index (χ0) is 17.8. The molecule has 1 aromatic rings. The number of hydrogen-bond acceptors (Lipinski definition) is 5. The minimum atomic E-state index is -0.658. The number of amides is 4. The molecule has 25 heavy (non-hydrogen) atoms. The topological polar surface area (TPSA) is 97.0 Å². The molecule has 134 valence electrons. The van der Waals surface area contributed by atoms with Crippen molar-refractivity contribution in [3.8, 4) is 11.5 Å². The Kier molecular flexibility index (Phi) is 5.06. The SMILES string of the molecule is CCCNC(=O)CCC1NC(=O)N(Cc2ccc3c(c2)OCO3)C1=O. The number of urea groups is 1. The fraction of sp³-hybridized carbons (Fsp3) is 0.471. The predicted octanol–water partition coefficient (Wildman–Crippen LogP) is 1.14. The summed E-state index contributed by atoms with van der Waals surface area (Å²) in [5.74, 6) is 0.828. The lowest BCUT2D eigenvalue weighted by Crippen LogP contribution is -2.32. The Balaban J connectivity index is 1.57. The average molecular weight is 347 g/mol. The maximum atomic E-state index is 12.4. The summed E-state index contributed by atoms with van der Waals surface area (Å²) in [5, 5.41) is 5.39. The van der Waals surface area contributed by atoms with E-state index in [0.29, 0.717) is 18.0 Å². The van der Waals surface area contributed by atoms with Gasteiger partial charge in [0.15, 0.2) is 11.5 Å². The molecule has 1 unspecified atom stereocenters. The zero-order valence-corrected chi connectivity index (χ0v) is 14.0. The van der Waals surface area contributed by atoms with E-state index in [1.165, 1.54) is 0 Å². The van der Waals surface area contributed by atoms with Gasteiger partial charge in [0.05, 0.1) is 6.54 Å². The molecule has 1 atom stereocenters. The van der Waals surface area contributed by atoms with Crippen molar-refractivity contribution in [1.29, 1.82) is 0 Å². The first-order valence-corrected chi connectivity index (χ1v) is 8.35. The molecule has 1 fully saturated rings. The van der Waals surface area contributed by atoms with Crippen LogP contribution in [0.5, 0.6) is 11.5 Å². The standard InChI is InChI=1S/C17H21N3O5/c1-2-7-18-15(21)6-4-12-16(22)20(17(23)19-12)9-11-3-5-13-14(8-11)25-10-24-13/h3,5,8,12H,2,4,6-7,9-10H2,1H3,(H,18,21)(H,19,23). The van der Waals surface area contributed by atoms with Crippen LogP contribution in [-0.4, -0.2) is 42.1 Å². The van der Waals surface area contributed by atoms with E-state index in [9.17, 15) is 14.4 Å². The van der Waals surface area contributed by atoms with Crippen LogP contribution in [0, 0.1) is 0 Å². The number of carbonyl (C=O) groups excluding carboxylic acids is 3.